The number of esters is 1. The molecule has 1 atom stereocenters. The van der Waals surface area contributed by atoms with E-state index in [0.29, 0.717) is 0 Å². The van der Waals surface area contributed by atoms with Crippen LogP contribution >= 0.6 is 0 Å². The lowest BCUT2D eigenvalue weighted by Crippen LogP contribution is -2.18. The van der Waals surface area contributed by atoms with Crippen LogP contribution in [0.15, 0.2) is 0 Å². The lowest BCUT2D eigenvalue weighted by molar-refractivity contribution is -0.149. The van der Waals surface area contributed by atoms with Gasteiger partial charge in [0.05, 0.1) is 12.0 Å². The molecule has 0 aliphatic rings. The van der Waals surface area contributed by atoms with Crippen LogP contribution in [0.2, 0.25) is 0 Å². The molecule has 0 aromatic heterocycles. The van der Waals surface area contributed by atoms with Crippen molar-refractivity contribution in [1.82, 2.24) is 0 Å². The summed E-state index contributed by atoms with van der Waals surface area (Å²) in [6, 6.07) is 0. The molecular formula is C7H14O3. The zero-order valence-corrected chi connectivity index (χ0v) is 6.63. The zero-order chi connectivity index (χ0) is 8.15. The van der Waals surface area contributed by atoms with E-state index in [-0.39, 0.29) is 18.5 Å². The molecule has 1 N–H and O–H groups in total. The van der Waals surface area contributed by atoms with E-state index in [2.05, 4.69) is 4.74 Å². The highest BCUT2D eigenvalue weighted by atomic mass is 16.5. The van der Waals surface area contributed by atoms with E-state index in [1.165, 1.54) is 0 Å². The average molecular weight is 146 g/mol. The molecule has 3 nitrogen and oxygen atoms in total. The molecule has 0 saturated heterocycles. The van der Waals surface area contributed by atoms with Crippen LogP contribution in [-0.2, 0) is 9.53 Å². The Bertz CT molecular complexity index is 107. The minimum Gasteiger partial charge on any atom is -0.463 e. The number of carbonyl (C=O) groups excluding carboxylic acids is 1. The molecule has 3 heteroatoms. The van der Waals surface area contributed by atoms with Crippen LogP contribution in [0.4, 0.5) is 0 Å². The molecule has 60 valence electrons. The third kappa shape index (κ3) is 4.32. The van der Waals surface area contributed by atoms with Gasteiger partial charge in [-0.25, -0.2) is 0 Å². The second-order valence-electron chi connectivity index (χ2n) is 2.63. The van der Waals surface area contributed by atoms with Crippen molar-refractivity contribution in [3.8, 4) is 0 Å². The number of aliphatic hydroxyl groups excluding tert-OH is 1. The van der Waals surface area contributed by atoms with Gasteiger partial charge in [0, 0.05) is 0 Å². The van der Waals surface area contributed by atoms with Gasteiger partial charge in [-0.1, -0.05) is 13.8 Å². The Hall–Kier alpha value is -0.570. The van der Waals surface area contributed by atoms with E-state index in [0.717, 1.165) is 0 Å². The maximum absolute atomic E-state index is 10.7. The lowest BCUT2D eigenvalue weighted by Gasteiger charge is -2.07. The molecule has 0 aromatic carbocycles. The van der Waals surface area contributed by atoms with Crippen LogP contribution in [0, 0.1) is 5.92 Å². The first-order valence-corrected chi connectivity index (χ1v) is 3.38. The fraction of sp³-hybridized carbons (Fsp3) is 0.857. The van der Waals surface area contributed by atoms with Crippen LogP contribution in [-0.4, -0.2) is 23.8 Å². The van der Waals surface area contributed by atoms with Gasteiger partial charge in [-0.3, -0.25) is 4.79 Å². The summed E-state index contributed by atoms with van der Waals surface area (Å²) < 4.78 is 4.68. The molecule has 1 unspecified atom stereocenters. The van der Waals surface area contributed by atoms with Crippen LogP contribution in [0.5, 0.6) is 0 Å². The topological polar surface area (TPSA) is 46.5 Å². The highest BCUT2D eigenvalue weighted by Gasteiger charge is 2.08. The van der Waals surface area contributed by atoms with Crippen LogP contribution in [0.3, 0.4) is 0 Å². The zero-order valence-electron chi connectivity index (χ0n) is 6.63. The summed E-state index contributed by atoms with van der Waals surface area (Å²) in [4.78, 5) is 10.7. The Morgan fingerprint density at radius 1 is 1.50 bits per heavy atom. The van der Waals surface area contributed by atoms with Crippen molar-refractivity contribution in [2.24, 2.45) is 5.92 Å². The smallest absolute Gasteiger partial charge is 0.308 e. The maximum Gasteiger partial charge on any atom is 0.308 e. The lowest BCUT2D eigenvalue weighted by atomic mass is 10.2. The Morgan fingerprint density at radius 3 is 2.30 bits per heavy atom. The van der Waals surface area contributed by atoms with E-state index < -0.39 is 6.10 Å². The number of aliphatic hydroxyl groups is 1. The second kappa shape index (κ2) is 4.28. The summed E-state index contributed by atoms with van der Waals surface area (Å²) >= 11 is 0. The van der Waals surface area contributed by atoms with Crippen LogP contribution < -0.4 is 0 Å². The summed E-state index contributed by atoms with van der Waals surface area (Å²) in [5.41, 5.74) is 0. The Morgan fingerprint density at radius 2 is 2.00 bits per heavy atom. The van der Waals surface area contributed by atoms with Gasteiger partial charge in [0.25, 0.3) is 0 Å². The Balaban J connectivity index is 3.40. The molecule has 0 bridgehead atoms. The number of rotatable bonds is 3. The van der Waals surface area contributed by atoms with Crippen LogP contribution in [0.25, 0.3) is 0 Å². The predicted octanol–water partition coefficient (Wildman–Crippen LogP) is 0.566. The SMILES string of the molecule is CC(O)COC(=O)C(C)C. The van der Waals surface area contributed by atoms with Gasteiger partial charge in [0.1, 0.15) is 6.61 Å². The standard InChI is InChI=1S/C7H14O3/c1-5(2)7(9)10-4-6(3)8/h5-6,8H,4H2,1-3H3. The van der Waals surface area contributed by atoms with Crippen molar-refractivity contribution in [3.05, 3.63) is 0 Å². The molecule has 0 heterocycles. The molecule has 0 aromatic rings. The molecule has 0 saturated carbocycles. The third-order valence-corrected chi connectivity index (χ3v) is 0.938. The maximum atomic E-state index is 10.7. The second-order valence-corrected chi connectivity index (χ2v) is 2.63. The van der Waals surface area contributed by atoms with E-state index in [1.807, 2.05) is 0 Å². The molecule has 0 radical (unpaired) electrons. The number of carbonyl (C=O) groups is 1. The summed E-state index contributed by atoms with van der Waals surface area (Å²) in [6.45, 7) is 5.18. The first kappa shape index (κ1) is 9.43. The van der Waals surface area contributed by atoms with Crippen LogP contribution in [0.1, 0.15) is 20.8 Å². The fourth-order valence-electron chi connectivity index (χ4n) is 0.369. The van der Waals surface area contributed by atoms with Gasteiger partial charge in [-0.15, -0.1) is 0 Å². The monoisotopic (exact) mass is 146 g/mol. The van der Waals surface area contributed by atoms with E-state index in [9.17, 15) is 4.79 Å². The van der Waals surface area contributed by atoms with Crippen molar-refractivity contribution in [2.75, 3.05) is 6.61 Å². The van der Waals surface area contributed by atoms with Gasteiger partial charge >= 0.3 is 5.97 Å². The Labute approximate surface area is 61.0 Å². The summed E-state index contributed by atoms with van der Waals surface area (Å²) in [5, 5.41) is 8.71. The molecule has 0 aliphatic carbocycles. The number of hydrogen-bond donors (Lipinski definition) is 1. The molecule has 0 aliphatic heterocycles. The minimum absolute atomic E-state index is 0.0943. The summed E-state index contributed by atoms with van der Waals surface area (Å²) in [6.07, 6.45) is -0.567. The molecule has 0 rings (SSSR count). The first-order valence-electron chi connectivity index (χ1n) is 3.38. The number of hydrogen-bond acceptors (Lipinski definition) is 3. The van der Waals surface area contributed by atoms with Gasteiger partial charge < -0.3 is 9.84 Å². The van der Waals surface area contributed by atoms with Crippen molar-refractivity contribution >= 4 is 5.97 Å². The van der Waals surface area contributed by atoms with Gasteiger partial charge in [-0.2, -0.15) is 0 Å². The minimum atomic E-state index is -0.567. The average Bonchev–Trinajstić information content (AvgIpc) is 1.82. The van der Waals surface area contributed by atoms with Crippen molar-refractivity contribution in [1.29, 1.82) is 0 Å². The fourth-order valence-corrected chi connectivity index (χ4v) is 0.369. The van der Waals surface area contributed by atoms with E-state index >= 15 is 0 Å². The first-order chi connectivity index (χ1) is 4.54. The van der Waals surface area contributed by atoms with Crippen molar-refractivity contribution in [3.63, 3.8) is 0 Å². The quantitative estimate of drug-likeness (QED) is 0.592. The van der Waals surface area contributed by atoms with Crippen molar-refractivity contribution < 1.29 is 14.6 Å². The molecule has 0 spiro atoms. The predicted molar refractivity (Wildman–Crippen MR) is 37.5 cm³/mol. The molecular weight excluding hydrogens is 132 g/mol. The molecule has 0 amide bonds. The largest absolute Gasteiger partial charge is 0.463 e. The van der Waals surface area contributed by atoms with E-state index in [1.54, 1.807) is 20.8 Å². The Kier molecular flexibility index (Phi) is 4.03. The van der Waals surface area contributed by atoms with Gasteiger partial charge in [-0.05, 0) is 6.92 Å². The number of ether oxygens (including phenoxy) is 1. The van der Waals surface area contributed by atoms with E-state index in [4.69, 9.17) is 5.11 Å². The highest BCUT2D eigenvalue weighted by Crippen LogP contribution is 1.96. The highest BCUT2D eigenvalue weighted by molar-refractivity contribution is 5.71. The van der Waals surface area contributed by atoms with Gasteiger partial charge in [0.2, 0.25) is 0 Å². The molecule has 0 fully saturated rings. The normalized spacial score (nSPS) is 13.3. The third-order valence-electron chi connectivity index (χ3n) is 0.938. The molecule has 10 heavy (non-hydrogen) atoms. The van der Waals surface area contributed by atoms with Crippen molar-refractivity contribution in [2.45, 2.75) is 26.9 Å². The summed E-state index contributed by atoms with van der Waals surface area (Å²) in [5.74, 6) is -0.375. The van der Waals surface area contributed by atoms with Gasteiger partial charge in [0.15, 0.2) is 0 Å². The summed E-state index contributed by atoms with van der Waals surface area (Å²) in [7, 11) is 0.